The van der Waals surface area contributed by atoms with E-state index in [1.54, 1.807) is 11.3 Å². The largest absolute Gasteiger partial charge is 0.350 e. The van der Waals surface area contributed by atoms with E-state index in [1.165, 1.54) is 0 Å². The van der Waals surface area contributed by atoms with E-state index in [2.05, 4.69) is 40.9 Å². The van der Waals surface area contributed by atoms with Crippen molar-refractivity contribution in [1.29, 1.82) is 0 Å². The highest BCUT2D eigenvalue weighted by Gasteiger charge is 2.23. The molecular weight excluding hydrogens is 272 g/mol. The van der Waals surface area contributed by atoms with Gasteiger partial charge in [-0.05, 0) is 20.3 Å². The Morgan fingerprint density at radius 1 is 1.40 bits per heavy atom. The molecule has 1 aliphatic heterocycles. The van der Waals surface area contributed by atoms with E-state index in [-0.39, 0.29) is 11.4 Å². The van der Waals surface area contributed by atoms with Crippen LogP contribution in [0.4, 0.5) is 5.13 Å². The molecule has 1 aromatic heterocycles. The van der Waals surface area contributed by atoms with Crippen LogP contribution in [0.3, 0.4) is 0 Å². The van der Waals surface area contributed by atoms with Gasteiger partial charge in [0.2, 0.25) is 5.91 Å². The van der Waals surface area contributed by atoms with Crippen LogP contribution in [0.2, 0.25) is 0 Å². The SMILES string of the molecule is CCC(C)(C)NC(=O)CN1CCN(c2nccs2)CC1. The third-order valence-corrected chi connectivity index (χ3v) is 4.62. The number of carbonyl (C=O) groups is 1. The molecule has 5 nitrogen and oxygen atoms in total. The molecule has 6 heteroatoms. The van der Waals surface area contributed by atoms with Gasteiger partial charge >= 0.3 is 0 Å². The zero-order valence-corrected chi connectivity index (χ0v) is 13.4. The Balaban J connectivity index is 1.76. The number of thiazole rings is 1. The van der Waals surface area contributed by atoms with Gasteiger partial charge in [0.15, 0.2) is 5.13 Å². The molecule has 20 heavy (non-hydrogen) atoms. The van der Waals surface area contributed by atoms with Gasteiger partial charge in [-0.3, -0.25) is 9.69 Å². The molecule has 1 saturated heterocycles. The fraction of sp³-hybridized carbons (Fsp3) is 0.714. The highest BCUT2D eigenvalue weighted by molar-refractivity contribution is 7.13. The molecule has 1 aliphatic rings. The fourth-order valence-electron chi connectivity index (χ4n) is 2.18. The van der Waals surface area contributed by atoms with Crippen molar-refractivity contribution in [3.8, 4) is 0 Å². The van der Waals surface area contributed by atoms with Crippen molar-refractivity contribution < 1.29 is 4.79 Å². The predicted octanol–water partition coefficient (Wildman–Crippen LogP) is 1.57. The number of anilines is 1. The summed E-state index contributed by atoms with van der Waals surface area (Å²) in [5, 5.41) is 6.17. The minimum absolute atomic E-state index is 0.111. The zero-order chi connectivity index (χ0) is 14.6. The number of nitrogens with one attached hydrogen (secondary N) is 1. The molecule has 0 unspecified atom stereocenters. The number of rotatable bonds is 5. The van der Waals surface area contributed by atoms with Crippen LogP contribution in [0.15, 0.2) is 11.6 Å². The van der Waals surface area contributed by atoms with Gasteiger partial charge in [-0.2, -0.15) is 0 Å². The Bertz CT molecular complexity index is 424. The summed E-state index contributed by atoms with van der Waals surface area (Å²) in [4.78, 5) is 20.9. The first kappa shape index (κ1) is 15.3. The standard InChI is InChI=1S/C14H24N4OS/c1-4-14(2,3)16-12(19)11-17-6-8-18(9-7-17)13-15-5-10-20-13/h5,10H,4,6-9,11H2,1-3H3,(H,16,19). The van der Waals surface area contributed by atoms with Gasteiger partial charge in [-0.15, -0.1) is 11.3 Å². The molecule has 0 radical (unpaired) electrons. The molecule has 1 N–H and O–H groups in total. The highest BCUT2D eigenvalue weighted by atomic mass is 32.1. The average Bonchev–Trinajstić information content (AvgIpc) is 2.93. The number of hydrogen-bond acceptors (Lipinski definition) is 5. The molecule has 0 spiro atoms. The Labute approximate surface area is 125 Å². The molecular formula is C14H24N4OS. The Morgan fingerprint density at radius 3 is 2.65 bits per heavy atom. The van der Waals surface area contributed by atoms with Gasteiger partial charge in [0.25, 0.3) is 0 Å². The van der Waals surface area contributed by atoms with Crippen molar-refractivity contribution in [1.82, 2.24) is 15.2 Å². The van der Waals surface area contributed by atoms with Crippen molar-refractivity contribution >= 4 is 22.4 Å². The molecule has 1 aromatic rings. The Hall–Kier alpha value is -1.14. The lowest BCUT2D eigenvalue weighted by Crippen LogP contribution is -2.52. The maximum atomic E-state index is 12.0. The quantitative estimate of drug-likeness (QED) is 0.896. The van der Waals surface area contributed by atoms with E-state index in [0.29, 0.717) is 6.54 Å². The van der Waals surface area contributed by atoms with Crippen molar-refractivity contribution in [2.75, 3.05) is 37.6 Å². The van der Waals surface area contributed by atoms with Crippen LogP contribution in [-0.4, -0.2) is 54.1 Å². The topological polar surface area (TPSA) is 48.5 Å². The summed E-state index contributed by atoms with van der Waals surface area (Å²) in [5.41, 5.74) is -0.111. The van der Waals surface area contributed by atoms with Gasteiger partial charge in [0.1, 0.15) is 0 Å². The maximum Gasteiger partial charge on any atom is 0.234 e. The smallest absolute Gasteiger partial charge is 0.234 e. The lowest BCUT2D eigenvalue weighted by molar-refractivity contribution is -0.123. The monoisotopic (exact) mass is 296 g/mol. The molecule has 2 rings (SSSR count). The minimum Gasteiger partial charge on any atom is -0.350 e. The summed E-state index contributed by atoms with van der Waals surface area (Å²) >= 11 is 1.67. The number of hydrogen-bond donors (Lipinski definition) is 1. The van der Waals surface area contributed by atoms with Crippen LogP contribution in [-0.2, 0) is 4.79 Å². The van der Waals surface area contributed by atoms with E-state index in [0.717, 1.165) is 37.7 Å². The first-order valence-electron chi connectivity index (χ1n) is 7.18. The van der Waals surface area contributed by atoms with Crippen molar-refractivity contribution in [2.24, 2.45) is 0 Å². The van der Waals surface area contributed by atoms with Crippen LogP contribution in [0.25, 0.3) is 0 Å². The zero-order valence-electron chi connectivity index (χ0n) is 12.6. The van der Waals surface area contributed by atoms with Crippen molar-refractivity contribution in [3.63, 3.8) is 0 Å². The molecule has 0 bridgehead atoms. The van der Waals surface area contributed by atoms with Gasteiger partial charge in [-0.25, -0.2) is 4.98 Å². The summed E-state index contributed by atoms with van der Waals surface area (Å²) in [6.45, 7) is 10.4. The predicted molar refractivity (Wildman–Crippen MR) is 83.3 cm³/mol. The Kier molecular flexibility index (Phi) is 4.99. The summed E-state index contributed by atoms with van der Waals surface area (Å²) < 4.78 is 0. The van der Waals surface area contributed by atoms with E-state index in [9.17, 15) is 4.79 Å². The Morgan fingerprint density at radius 2 is 2.10 bits per heavy atom. The lowest BCUT2D eigenvalue weighted by atomic mass is 10.0. The number of amides is 1. The minimum atomic E-state index is -0.111. The first-order chi connectivity index (χ1) is 9.50. The number of aromatic nitrogens is 1. The van der Waals surface area contributed by atoms with Crippen molar-refractivity contribution in [2.45, 2.75) is 32.7 Å². The fourth-order valence-corrected chi connectivity index (χ4v) is 2.87. The second kappa shape index (κ2) is 6.54. The van der Waals surface area contributed by atoms with Gasteiger partial charge in [0.05, 0.1) is 6.54 Å². The second-order valence-corrected chi connectivity index (χ2v) is 6.74. The summed E-state index contributed by atoms with van der Waals surface area (Å²) in [6.07, 6.45) is 2.78. The van der Waals surface area contributed by atoms with Crippen LogP contribution in [0, 0.1) is 0 Å². The van der Waals surface area contributed by atoms with Crippen LogP contribution >= 0.6 is 11.3 Å². The molecule has 0 saturated carbocycles. The average molecular weight is 296 g/mol. The molecule has 1 amide bonds. The van der Waals surface area contributed by atoms with Crippen LogP contribution in [0.1, 0.15) is 27.2 Å². The number of carbonyl (C=O) groups excluding carboxylic acids is 1. The van der Waals surface area contributed by atoms with E-state index in [4.69, 9.17) is 0 Å². The molecule has 112 valence electrons. The van der Waals surface area contributed by atoms with Crippen LogP contribution in [0.5, 0.6) is 0 Å². The number of piperazine rings is 1. The van der Waals surface area contributed by atoms with E-state index in [1.807, 2.05) is 11.6 Å². The highest BCUT2D eigenvalue weighted by Crippen LogP contribution is 2.18. The van der Waals surface area contributed by atoms with E-state index >= 15 is 0 Å². The number of nitrogens with zero attached hydrogens (tertiary/aromatic N) is 3. The van der Waals surface area contributed by atoms with Gasteiger partial charge < -0.3 is 10.2 Å². The van der Waals surface area contributed by atoms with E-state index < -0.39 is 0 Å². The van der Waals surface area contributed by atoms with Crippen LogP contribution < -0.4 is 10.2 Å². The third-order valence-electron chi connectivity index (χ3n) is 3.79. The third kappa shape index (κ3) is 4.18. The summed E-state index contributed by atoms with van der Waals surface area (Å²) in [7, 11) is 0. The lowest BCUT2D eigenvalue weighted by Gasteiger charge is -2.35. The molecule has 1 fully saturated rings. The molecule has 0 aromatic carbocycles. The molecule has 2 heterocycles. The van der Waals surface area contributed by atoms with Crippen molar-refractivity contribution in [3.05, 3.63) is 11.6 Å². The summed E-state index contributed by atoms with van der Waals surface area (Å²) in [6, 6.07) is 0. The van der Waals surface area contributed by atoms with Gasteiger partial charge in [-0.1, -0.05) is 6.92 Å². The molecule has 0 aliphatic carbocycles. The summed E-state index contributed by atoms with van der Waals surface area (Å²) in [5.74, 6) is 0.125. The first-order valence-corrected chi connectivity index (χ1v) is 8.06. The normalized spacial score (nSPS) is 17.2. The second-order valence-electron chi connectivity index (χ2n) is 5.86. The molecule has 0 atom stereocenters. The maximum absolute atomic E-state index is 12.0. The van der Waals surface area contributed by atoms with Gasteiger partial charge in [0, 0.05) is 43.3 Å².